The standard InChI is InChI=1S/C15H13ClN2O3/c1-9(11-4-2-3-5-12(11)16)18-14(19)10-6-7-17-13(8-10)15(20)21/h2-9H,1H3,(H,18,19)(H,20,21). The summed E-state index contributed by atoms with van der Waals surface area (Å²) in [6, 6.07) is 9.60. The number of pyridine rings is 1. The number of amides is 1. The number of aromatic carboxylic acids is 1. The van der Waals surface area contributed by atoms with Crippen LogP contribution in [-0.4, -0.2) is 22.0 Å². The predicted molar refractivity (Wildman–Crippen MR) is 78.5 cm³/mol. The van der Waals surface area contributed by atoms with Crippen LogP contribution in [0.2, 0.25) is 5.02 Å². The zero-order valence-electron chi connectivity index (χ0n) is 11.2. The maximum absolute atomic E-state index is 12.1. The normalized spacial score (nSPS) is 11.7. The minimum absolute atomic E-state index is 0.173. The van der Waals surface area contributed by atoms with E-state index in [4.69, 9.17) is 16.7 Å². The van der Waals surface area contributed by atoms with Gasteiger partial charge in [0.25, 0.3) is 5.91 Å². The van der Waals surface area contributed by atoms with E-state index in [1.165, 1.54) is 18.3 Å². The van der Waals surface area contributed by atoms with Crippen LogP contribution >= 0.6 is 11.6 Å². The molecule has 0 fully saturated rings. The van der Waals surface area contributed by atoms with Crippen molar-refractivity contribution in [3.8, 4) is 0 Å². The van der Waals surface area contributed by atoms with Crippen LogP contribution in [-0.2, 0) is 0 Å². The maximum atomic E-state index is 12.1. The molecule has 1 unspecified atom stereocenters. The minimum atomic E-state index is -1.18. The highest BCUT2D eigenvalue weighted by atomic mass is 35.5. The van der Waals surface area contributed by atoms with Crippen LogP contribution in [0.15, 0.2) is 42.6 Å². The lowest BCUT2D eigenvalue weighted by Crippen LogP contribution is -2.27. The van der Waals surface area contributed by atoms with E-state index in [0.717, 1.165) is 5.56 Å². The van der Waals surface area contributed by atoms with Crippen molar-refractivity contribution < 1.29 is 14.7 Å². The van der Waals surface area contributed by atoms with Gasteiger partial charge in [0.2, 0.25) is 0 Å². The summed E-state index contributed by atoms with van der Waals surface area (Å²) in [5.41, 5.74) is 0.856. The second kappa shape index (κ2) is 6.37. The first-order valence-electron chi connectivity index (χ1n) is 6.23. The van der Waals surface area contributed by atoms with Crippen molar-refractivity contribution >= 4 is 23.5 Å². The molecule has 0 aliphatic carbocycles. The molecule has 2 rings (SSSR count). The lowest BCUT2D eigenvalue weighted by atomic mass is 10.1. The lowest BCUT2D eigenvalue weighted by Gasteiger charge is -2.15. The molecule has 0 bridgehead atoms. The van der Waals surface area contributed by atoms with Gasteiger partial charge >= 0.3 is 5.97 Å². The molecular formula is C15H13ClN2O3. The van der Waals surface area contributed by atoms with Gasteiger partial charge < -0.3 is 10.4 Å². The van der Waals surface area contributed by atoms with Gasteiger partial charge in [-0.05, 0) is 30.7 Å². The van der Waals surface area contributed by atoms with E-state index in [-0.39, 0.29) is 23.2 Å². The van der Waals surface area contributed by atoms with Gasteiger partial charge in [-0.25, -0.2) is 9.78 Å². The number of nitrogens with one attached hydrogen (secondary N) is 1. The summed E-state index contributed by atoms with van der Waals surface area (Å²) in [7, 11) is 0. The molecule has 2 N–H and O–H groups in total. The van der Waals surface area contributed by atoms with Crippen LogP contribution < -0.4 is 5.32 Å². The monoisotopic (exact) mass is 304 g/mol. The summed E-state index contributed by atoms with van der Waals surface area (Å²) in [5, 5.41) is 12.2. The van der Waals surface area contributed by atoms with Gasteiger partial charge in [0, 0.05) is 16.8 Å². The van der Waals surface area contributed by atoms with E-state index >= 15 is 0 Å². The summed E-state index contributed by atoms with van der Waals surface area (Å²) >= 11 is 6.08. The highest BCUT2D eigenvalue weighted by Crippen LogP contribution is 2.22. The number of hydrogen-bond donors (Lipinski definition) is 2. The fourth-order valence-electron chi connectivity index (χ4n) is 1.87. The Kier molecular flexibility index (Phi) is 4.55. The molecule has 5 nitrogen and oxygen atoms in total. The Morgan fingerprint density at radius 1 is 1.29 bits per heavy atom. The number of hydrogen-bond acceptors (Lipinski definition) is 3. The average Bonchev–Trinajstić information content (AvgIpc) is 2.47. The van der Waals surface area contributed by atoms with Crippen LogP contribution in [0.25, 0.3) is 0 Å². The van der Waals surface area contributed by atoms with Gasteiger partial charge in [-0.2, -0.15) is 0 Å². The number of rotatable bonds is 4. The summed E-state index contributed by atoms with van der Waals surface area (Å²) in [4.78, 5) is 26.7. The van der Waals surface area contributed by atoms with Crippen molar-refractivity contribution in [2.75, 3.05) is 0 Å². The molecule has 2 aromatic rings. The fourth-order valence-corrected chi connectivity index (χ4v) is 2.17. The second-order valence-corrected chi connectivity index (χ2v) is 4.86. The van der Waals surface area contributed by atoms with E-state index in [1.807, 2.05) is 18.2 Å². The highest BCUT2D eigenvalue weighted by molar-refractivity contribution is 6.31. The number of carboxylic acid groups (broad SMARTS) is 1. The van der Waals surface area contributed by atoms with Crippen LogP contribution in [0.5, 0.6) is 0 Å². The molecule has 0 saturated heterocycles. The first kappa shape index (κ1) is 15.0. The van der Waals surface area contributed by atoms with Crippen molar-refractivity contribution in [3.05, 3.63) is 64.4 Å². The van der Waals surface area contributed by atoms with Gasteiger partial charge in [-0.15, -0.1) is 0 Å². The molecule has 0 aliphatic rings. The number of halogens is 1. The topological polar surface area (TPSA) is 79.3 Å². The van der Waals surface area contributed by atoms with E-state index in [2.05, 4.69) is 10.3 Å². The molecule has 1 heterocycles. The summed E-state index contributed by atoms with van der Waals surface area (Å²) < 4.78 is 0. The van der Waals surface area contributed by atoms with Crippen LogP contribution in [0.3, 0.4) is 0 Å². The number of carbonyl (C=O) groups excluding carboxylic acids is 1. The van der Waals surface area contributed by atoms with Gasteiger partial charge in [0.05, 0.1) is 6.04 Å². The van der Waals surface area contributed by atoms with E-state index in [1.54, 1.807) is 13.0 Å². The Bertz CT molecular complexity index is 688. The fraction of sp³-hybridized carbons (Fsp3) is 0.133. The zero-order chi connectivity index (χ0) is 15.4. The number of carbonyl (C=O) groups is 2. The third-order valence-electron chi connectivity index (χ3n) is 2.96. The second-order valence-electron chi connectivity index (χ2n) is 4.45. The third kappa shape index (κ3) is 3.58. The molecule has 0 aliphatic heterocycles. The van der Waals surface area contributed by atoms with E-state index in [9.17, 15) is 9.59 Å². The van der Waals surface area contributed by atoms with Crippen LogP contribution in [0, 0.1) is 0 Å². The molecule has 0 spiro atoms. The number of benzene rings is 1. The third-order valence-corrected chi connectivity index (χ3v) is 3.30. The number of carboxylic acids is 1. The molecule has 21 heavy (non-hydrogen) atoms. The van der Waals surface area contributed by atoms with Gasteiger partial charge in [-0.1, -0.05) is 29.8 Å². The molecule has 108 valence electrons. The largest absolute Gasteiger partial charge is 0.477 e. The Hall–Kier alpha value is -2.40. The molecule has 1 aromatic heterocycles. The SMILES string of the molecule is CC(NC(=O)c1ccnc(C(=O)O)c1)c1ccccc1Cl. The zero-order valence-corrected chi connectivity index (χ0v) is 12.0. The Balaban J connectivity index is 2.16. The van der Waals surface area contributed by atoms with Gasteiger partial charge in [-0.3, -0.25) is 4.79 Å². The number of aromatic nitrogens is 1. The summed E-state index contributed by atoms with van der Waals surface area (Å²) in [5.74, 6) is -1.56. The first-order chi connectivity index (χ1) is 9.99. The van der Waals surface area contributed by atoms with Gasteiger partial charge in [0.1, 0.15) is 5.69 Å². The maximum Gasteiger partial charge on any atom is 0.354 e. The molecule has 1 aromatic carbocycles. The molecule has 1 amide bonds. The van der Waals surface area contributed by atoms with Crippen molar-refractivity contribution in [2.45, 2.75) is 13.0 Å². The van der Waals surface area contributed by atoms with Crippen molar-refractivity contribution in [2.24, 2.45) is 0 Å². The summed E-state index contributed by atoms with van der Waals surface area (Å²) in [6.07, 6.45) is 1.29. The van der Waals surface area contributed by atoms with E-state index < -0.39 is 5.97 Å². The molecule has 1 atom stereocenters. The highest BCUT2D eigenvalue weighted by Gasteiger charge is 2.15. The quantitative estimate of drug-likeness (QED) is 0.910. The Morgan fingerprint density at radius 3 is 2.67 bits per heavy atom. The Morgan fingerprint density at radius 2 is 2.00 bits per heavy atom. The Labute approximate surface area is 126 Å². The predicted octanol–water partition coefficient (Wildman–Crippen LogP) is 2.92. The molecule has 0 radical (unpaired) electrons. The average molecular weight is 305 g/mol. The van der Waals surface area contributed by atoms with Crippen molar-refractivity contribution in [3.63, 3.8) is 0 Å². The number of nitrogens with zero attached hydrogens (tertiary/aromatic N) is 1. The lowest BCUT2D eigenvalue weighted by molar-refractivity contribution is 0.0690. The first-order valence-corrected chi connectivity index (χ1v) is 6.61. The van der Waals surface area contributed by atoms with E-state index in [0.29, 0.717) is 5.02 Å². The minimum Gasteiger partial charge on any atom is -0.477 e. The van der Waals surface area contributed by atoms with Crippen molar-refractivity contribution in [1.29, 1.82) is 0 Å². The summed E-state index contributed by atoms with van der Waals surface area (Å²) in [6.45, 7) is 1.80. The smallest absolute Gasteiger partial charge is 0.354 e. The molecular weight excluding hydrogens is 292 g/mol. The van der Waals surface area contributed by atoms with Crippen LogP contribution in [0.4, 0.5) is 0 Å². The molecule has 0 saturated carbocycles. The van der Waals surface area contributed by atoms with Crippen molar-refractivity contribution in [1.82, 2.24) is 10.3 Å². The molecule has 6 heteroatoms. The van der Waals surface area contributed by atoms with Crippen LogP contribution in [0.1, 0.15) is 39.4 Å². The van der Waals surface area contributed by atoms with Gasteiger partial charge in [0.15, 0.2) is 0 Å².